The Hall–Kier alpha value is -3.49. The molecule has 1 fully saturated rings. The number of amides is 1. The Labute approximate surface area is 177 Å². The molecular formula is C22H23FN6O2. The minimum Gasteiger partial charge on any atom is -0.442 e. The number of aromatic nitrogens is 4. The fourth-order valence-electron chi connectivity index (χ4n) is 3.71. The van der Waals surface area contributed by atoms with Crippen LogP contribution in [0.5, 0.6) is 0 Å². The second-order valence-electron chi connectivity index (χ2n) is 8.33. The van der Waals surface area contributed by atoms with E-state index in [0.29, 0.717) is 53.1 Å². The van der Waals surface area contributed by atoms with Crippen LogP contribution in [0.2, 0.25) is 0 Å². The highest BCUT2D eigenvalue weighted by Gasteiger charge is 2.38. The lowest BCUT2D eigenvalue weighted by Crippen LogP contribution is -2.26. The van der Waals surface area contributed by atoms with Crippen molar-refractivity contribution in [2.45, 2.75) is 45.1 Å². The summed E-state index contributed by atoms with van der Waals surface area (Å²) in [5.41, 5.74) is 2.27. The van der Waals surface area contributed by atoms with Crippen molar-refractivity contribution in [1.82, 2.24) is 25.3 Å². The second-order valence-corrected chi connectivity index (χ2v) is 8.33. The maximum Gasteiger partial charge on any atom is 0.255 e. The van der Waals surface area contributed by atoms with Gasteiger partial charge in [-0.1, -0.05) is 0 Å². The Bertz CT molecular complexity index is 1290. The van der Waals surface area contributed by atoms with E-state index in [-0.39, 0.29) is 17.3 Å². The molecule has 4 aromatic rings. The molecule has 3 aromatic heterocycles. The van der Waals surface area contributed by atoms with Crippen molar-refractivity contribution in [1.29, 1.82) is 0 Å². The van der Waals surface area contributed by atoms with Gasteiger partial charge in [0, 0.05) is 18.5 Å². The van der Waals surface area contributed by atoms with Gasteiger partial charge in [0.15, 0.2) is 0 Å². The standard InChI is InChI=1S/C22H23FN6O2/c1-12-17(18-19(29-22(2)7-8-22)25-11-26-21(18)31-12)20(30)24-9-3-4-16-27-14-6-5-13(23)10-15(14)28-16/h5-6,10-11H,3-4,7-9H2,1-2H3,(H,24,30)(H,27,28)(H,25,26,29). The zero-order valence-corrected chi connectivity index (χ0v) is 17.4. The van der Waals surface area contributed by atoms with Crippen LogP contribution >= 0.6 is 0 Å². The van der Waals surface area contributed by atoms with Crippen LogP contribution in [0.15, 0.2) is 28.9 Å². The van der Waals surface area contributed by atoms with E-state index in [2.05, 4.69) is 37.5 Å². The van der Waals surface area contributed by atoms with Crippen LogP contribution in [0, 0.1) is 12.7 Å². The molecule has 1 aliphatic rings. The number of hydrogen-bond acceptors (Lipinski definition) is 6. The van der Waals surface area contributed by atoms with E-state index >= 15 is 0 Å². The van der Waals surface area contributed by atoms with Crippen LogP contribution in [0.4, 0.5) is 10.2 Å². The number of rotatable bonds is 7. The SMILES string of the molecule is Cc1oc2ncnc(NC3(C)CC3)c2c1C(=O)NCCCc1nc2ccc(F)cc2[nH]1. The first-order chi connectivity index (χ1) is 14.9. The molecule has 0 bridgehead atoms. The molecule has 0 unspecified atom stereocenters. The third kappa shape index (κ3) is 3.83. The molecule has 0 saturated heterocycles. The van der Waals surface area contributed by atoms with E-state index in [0.717, 1.165) is 24.2 Å². The number of furan rings is 1. The number of aromatic amines is 1. The molecule has 0 atom stereocenters. The molecule has 31 heavy (non-hydrogen) atoms. The van der Waals surface area contributed by atoms with Gasteiger partial charge in [0.1, 0.15) is 29.5 Å². The maximum absolute atomic E-state index is 13.3. The second kappa shape index (κ2) is 7.33. The van der Waals surface area contributed by atoms with Crippen LogP contribution in [0.25, 0.3) is 22.1 Å². The lowest BCUT2D eigenvalue weighted by Gasteiger charge is -2.13. The number of carbonyl (C=O) groups excluding carboxylic acids is 1. The molecule has 0 radical (unpaired) electrons. The first kappa shape index (κ1) is 19.5. The number of H-pyrrole nitrogens is 1. The van der Waals surface area contributed by atoms with Gasteiger partial charge in [-0.3, -0.25) is 4.79 Å². The number of aryl methyl sites for hydroxylation is 2. The molecule has 0 spiro atoms. The Morgan fingerprint density at radius 1 is 1.32 bits per heavy atom. The van der Waals surface area contributed by atoms with E-state index in [9.17, 15) is 9.18 Å². The number of halogens is 1. The van der Waals surface area contributed by atoms with Crippen molar-refractivity contribution in [3.63, 3.8) is 0 Å². The van der Waals surface area contributed by atoms with Gasteiger partial charge >= 0.3 is 0 Å². The minimum atomic E-state index is -0.300. The highest BCUT2D eigenvalue weighted by molar-refractivity contribution is 6.10. The van der Waals surface area contributed by atoms with Gasteiger partial charge in [0.05, 0.1) is 22.0 Å². The molecule has 9 heteroatoms. The normalized spacial score (nSPS) is 14.8. The summed E-state index contributed by atoms with van der Waals surface area (Å²) in [6.07, 6.45) is 4.88. The summed E-state index contributed by atoms with van der Waals surface area (Å²) >= 11 is 0. The van der Waals surface area contributed by atoms with Crippen LogP contribution < -0.4 is 10.6 Å². The van der Waals surface area contributed by atoms with Crippen molar-refractivity contribution >= 4 is 33.9 Å². The largest absolute Gasteiger partial charge is 0.442 e. The summed E-state index contributed by atoms with van der Waals surface area (Å²) < 4.78 is 19.0. The zero-order chi connectivity index (χ0) is 21.6. The first-order valence-electron chi connectivity index (χ1n) is 10.4. The molecule has 1 aromatic carbocycles. The minimum absolute atomic E-state index is 0.00963. The van der Waals surface area contributed by atoms with Crippen LogP contribution in [0.1, 0.15) is 48.1 Å². The molecule has 1 aliphatic carbocycles. The van der Waals surface area contributed by atoms with Crippen LogP contribution in [0.3, 0.4) is 0 Å². The Morgan fingerprint density at radius 3 is 2.97 bits per heavy atom. The molecular weight excluding hydrogens is 399 g/mol. The number of imidazole rings is 1. The van der Waals surface area contributed by atoms with Crippen LogP contribution in [-0.4, -0.2) is 37.9 Å². The molecule has 3 heterocycles. The summed E-state index contributed by atoms with van der Waals surface area (Å²) in [5, 5.41) is 6.99. The predicted octanol–water partition coefficient (Wildman–Crippen LogP) is 3.87. The van der Waals surface area contributed by atoms with E-state index in [4.69, 9.17) is 4.42 Å². The smallest absolute Gasteiger partial charge is 0.255 e. The Kier molecular flexibility index (Phi) is 4.60. The van der Waals surface area contributed by atoms with Crippen molar-refractivity contribution in [3.8, 4) is 0 Å². The monoisotopic (exact) mass is 422 g/mol. The van der Waals surface area contributed by atoms with Gasteiger partial charge in [0.2, 0.25) is 5.71 Å². The Morgan fingerprint density at radius 2 is 2.16 bits per heavy atom. The van der Waals surface area contributed by atoms with Crippen LogP contribution in [-0.2, 0) is 6.42 Å². The molecule has 160 valence electrons. The average Bonchev–Trinajstić information content (AvgIpc) is 3.16. The zero-order valence-electron chi connectivity index (χ0n) is 17.4. The van der Waals surface area contributed by atoms with Crippen molar-refractivity contribution in [2.24, 2.45) is 0 Å². The van der Waals surface area contributed by atoms with Gasteiger partial charge in [-0.2, -0.15) is 0 Å². The van der Waals surface area contributed by atoms with E-state index in [1.165, 1.54) is 18.5 Å². The average molecular weight is 422 g/mol. The molecule has 3 N–H and O–H groups in total. The van der Waals surface area contributed by atoms with E-state index in [1.54, 1.807) is 13.0 Å². The first-order valence-corrected chi connectivity index (χ1v) is 10.4. The highest BCUT2D eigenvalue weighted by Crippen LogP contribution is 2.40. The van der Waals surface area contributed by atoms with Gasteiger partial charge in [-0.25, -0.2) is 19.3 Å². The highest BCUT2D eigenvalue weighted by atomic mass is 19.1. The quantitative estimate of drug-likeness (QED) is 0.390. The number of anilines is 1. The van der Waals surface area contributed by atoms with Crippen molar-refractivity contribution < 1.29 is 13.6 Å². The van der Waals surface area contributed by atoms with Gasteiger partial charge in [-0.15, -0.1) is 0 Å². The van der Waals surface area contributed by atoms with Crippen molar-refractivity contribution in [3.05, 3.63) is 47.5 Å². The number of carbonyl (C=O) groups is 1. The summed E-state index contributed by atoms with van der Waals surface area (Å²) in [4.78, 5) is 29.0. The number of nitrogens with one attached hydrogen (secondary N) is 3. The van der Waals surface area contributed by atoms with Gasteiger partial charge in [0.25, 0.3) is 5.91 Å². The van der Waals surface area contributed by atoms with E-state index in [1.807, 2.05) is 0 Å². The number of fused-ring (bicyclic) bond motifs is 2. The lowest BCUT2D eigenvalue weighted by molar-refractivity contribution is 0.0953. The fraction of sp³-hybridized carbons (Fsp3) is 0.364. The molecule has 1 saturated carbocycles. The summed E-state index contributed by atoms with van der Waals surface area (Å²) in [5.74, 6) is 1.38. The van der Waals surface area contributed by atoms with E-state index < -0.39 is 0 Å². The third-order valence-electron chi connectivity index (χ3n) is 5.68. The molecule has 5 rings (SSSR count). The lowest BCUT2D eigenvalue weighted by atomic mass is 10.1. The fourth-order valence-corrected chi connectivity index (χ4v) is 3.71. The number of hydrogen-bond donors (Lipinski definition) is 3. The Balaban J connectivity index is 1.27. The van der Waals surface area contributed by atoms with Gasteiger partial charge in [-0.05, 0) is 51.3 Å². The number of benzene rings is 1. The molecule has 0 aliphatic heterocycles. The summed E-state index contributed by atoms with van der Waals surface area (Å²) in [6.45, 7) is 4.34. The number of nitrogens with zero attached hydrogens (tertiary/aromatic N) is 3. The predicted molar refractivity (Wildman–Crippen MR) is 115 cm³/mol. The topological polar surface area (TPSA) is 109 Å². The molecule has 1 amide bonds. The third-order valence-corrected chi connectivity index (χ3v) is 5.68. The summed E-state index contributed by atoms with van der Waals surface area (Å²) in [7, 11) is 0. The van der Waals surface area contributed by atoms with Gasteiger partial charge < -0.3 is 20.0 Å². The maximum atomic E-state index is 13.3. The summed E-state index contributed by atoms with van der Waals surface area (Å²) in [6, 6.07) is 4.46. The van der Waals surface area contributed by atoms with Crippen molar-refractivity contribution in [2.75, 3.05) is 11.9 Å². The molecule has 8 nitrogen and oxygen atoms in total.